The molecule has 2 atom stereocenters. The second kappa shape index (κ2) is 3.67. The van der Waals surface area contributed by atoms with Crippen molar-refractivity contribution in [3.63, 3.8) is 0 Å². The van der Waals surface area contributed by atoms with E-state index in [2.05, 4.69) is 29.3 Å². The summed E-state index contributed by atoms with van der Waals surface area (Å²) in [6, 6.07) is 7.87. The third-order valence-electron chi connectivity index (χ3n) is 3.90. The van der Waals surface area contributed by atoms with Crippen LogP contribution in [-0.2, 0) is 6.42 Å². The Labute approximate surface area is 96.6 Å². The summed E-state index contributed by atoms with van der Waals surface area (Å²) in [6.07, 6.45) is 2.31. The highest BCUT2D eigenvalue weighted by molar-refractivity contribution is 5.60. The number of nitrogens with two attached hydrogens (primary N) is 1. The molecule has 0 saturated carbocycles. The van der Waals surface area contributed by atoms with Gasteiger partial charge in [-0.25, -0.2) is 0 Å². The molecular formula is C13H19N3. The van der Waals surface area contributed by atoms with Crippen LogP contribution in [0, 0.1) is 0 Å². The van der Waals surface area contributed by atoms with Gasteiger partial charge >= 0.3 is 0 Å². The van der Waals surface area contributed by atoms with Crippen LogP contribution in [0.1, 0.15) is 18.9 Å². The molecule has 86 valence electrons. The van der Waals surface area contributed by atoms with Gasteiger partial charge in [0.05, 0.1) is 0 Å². The largest absolute Gasteiger partial charge is 0.399 e. The van der Waals surface area contributed by atoms with Gasteiger partial charge in [0.2, 0.25) is 0 Å². The Morgan fingerprint density at radius 2 is 2.38 bits per heavy atom. The normalized spacial score (nSPS) is 27.7. The first-order valence-corrected chi connectivity index (χ1v) is 6.16. The summed E-state index contributed by atoms with van der Waals surface area (Å²) in [5.74, 6) is 0. The van der Waals surface area contributed by atoms with Crippen molar-refractivity contribution < 1.29 is 0 Å². The summed E-state index contributed by atoms with van der Waals surface area (Å²) in [7, 11) is 0. The molecule has 3 rings (SSSR count). The van der Waals surface area contributed by atoms with Crippen LogP contribution in [0.2, 0.25) is 0 Å². The number of nitrogen functional groups attached to an aromatic ring is 1. The number of fused-ring (bicyclic) bond motifs is 2. The molecule has 0 aromatic heterocycles. The molecule has 2 heterocycles. The van der Waals surface area contributed by atoms with Crippen LogP contribution in [0.25, 0.3) is 0 Å². The molecule has 0 radical (unpaired) electrons. The SMILES string of the molecule is CCc1cc(N2C[C@H]3CC2CN3)ccc1N. The van der Waals surface area contributed by atoms with Gasteiger partial charge in [0.1, 0.15) is 0 Å². The maximum absolute atomic E-state index is 5.94. The smallest absolute Gasteiger partial charge is 0.0430 e. The lowest BCUT2D eigenvalue weighted by molar-refractivity contribution is 0.580. The zero-order valence-corrected chi connectivity index (χ0v) is 9.74. The number of nitrogens with one attached hydrogen (secondary N) is 1. The maximum Gasteiger partial charge on any atom is 0.0430 e. The van der Waals surface area contributed by atoms with E-state index < -0.39 is 0 Å². The van der Waals surface area contributed by atoms with Crippen molar-refractivity contribution in [3.8, 4) is 0 Å². The summed E-state index contributed by atoms with van der Waals surface area (Å²) in [5.41, 5.74) is 9.49. The van der Waals surface area contributed by atoms with Crippen LogP contribution in [0.3, 0.4) is 0 Å². The minimum Gasteiger partial charge on any atom is -0.399 e. The molecule has 1 aromatic carbocycles. The topological polar surface area (TPSA) is 41.3 Å². The van der Waals surface area contributed by atoms with E-state index in [1.165, 1.54) is 17.7 Å². The highest BCUT2D eigenvalue weighted by Gasteiger charge is 2.37. The van der Waals surface area contributed by atoms with E-state index >= 15 is 0 Å². The van der Waals surface area contributed by atoms with Crippen LogP contribution in [0.5, 0.6) is 0 Å². The molecule has 2 bridgehead atoms. The maximum atomic E-state index is 5.94. The van der Waals surface area contributed by atoms with E-state index in [1.807, 2.05) is 6.07 Å². The Balaban J connectivity index is 1.89. The quantitative estimate of drug-likeness (QED) is 0.735. The molecule has 1 unspecified atom stereocenters. The van der Waals surface area contributed by atoms with Crippen molar-refractivity contribution in [1.29, 1.82) is 0 Å². The molecule has 3 N–H and O–H groups in total. The van der Waals surface area contributed by atoms with Crippen molar-refractivity contribution in [1.82, 2.24) is 5.32 Å². The Morgan fingerprint density at radius 1 is 1.50 bits per heavy atom. The standard InChI is InChI=1S/C13H19N3/c1-2-9-5-11(3-4-13(9)14)16-8-10-6-12(16)7-15-10/h3-5,10,12,15H,2,6-8,14H2,1H3/t10-,12?/m1/s1. The van der Waals surface area contributed by atoms with Crippen LogP contribution < -0.4 is 16.0 Å². The molecule has 2 saturated heterocycles. The molecule has 2 aliphatic heterocycles. The second-order valence-electron chi connectivity index (χ2n) is 4.88. The molecule has 3 heteroatoms. The molecular weight excluding hydrogens is 198 g/mol. The molecule has 0 amide bonds. The summed E-state index contributed by atoms with van der Waals surface area (Å²) in [5, 5.41) is 3.53. The Morgan fingerprint density at radius 3 is 3.00 bits per heavy atom. The number of benzene rings is 1. The van der Waals surface area contributed by atoms with Crippen molar-refractivity contribution in [2.45, 2.75) is 31.8 Å². The average Bonchev–Trinajstić information content (AvgIpc) is 2.91. The fourth-order valence-corrected chi connectivity index (χ4v) is 2.95. The number of hydrogen-bond donors (Lipinski definition) is 2. The minimum absolute atomic E-state index is 0.693. The Bertz CT molecular complexity index is 402. The first kappa shape index (κ1) is 9.97. The molecule has 2 aliphatic rings. The molecule has 0 spiro atoms. The fourth-order valence-electron chi connectivity index (χ4n) is 2.95. The van der Waals surface area contributed by atoms with Gasteiger partial charge in [-0.05, 0) is 36.6 Å². The van der Waals surface area contributed by atoms with E-state index in [9.17, 15) is 0 Å². The molecule has 16 heavy (non-hydrogen) atoms. The molecule has 2 fully saturated rings. The lowest BCUT2D eigenvalue weighted by atomic mass is 10.1. The number of rotatable bonds is 2. The molecule has 0 aliphatic carbocycles. The lowest BCUT2D eigenvalue weighted by Crippen LogP contribution is -2.43. The van der Waals surface area contributed by atoms with Gasteiger partial charge in [-0.3, -0.25) is 0 Å². The summed E-state index contributed by atoms with van der Waals surface area (Å²) in [6.45, 7) is 4.45. The number of anilines is 2. The minimum atomic E-state index is 0.693. The van der Waals surface area contributed by atoms with Crippen LogP contribution in [0.4, 0.5) is 11.4 Å². The Hall–Kier alpha value is -1.22. The predicted octanol–water partition coefficient (Wildman–Crippen LogP) is 1.38. The summed E-state index contributed by atoms with van der Waals surface area (Å²) < 4.78 is 0. The van der Waals surface area contributed by atoms with Crippen molar-refractivity contribution in [2.75, 3.05) is 23.7 Å². The summed E-state index contributed by atoms with van der Waals surface area (Å²) >= 11 is 0. The van der Waals surface area contributed by atoms with Gasteiger partial charge < -0.3 is 16.0 Å². The Kier molecular flexibility index (Phi) is 2.28. The monoisotopic (exact) mass is 217 g/mol. The van der Waals surface area contributed by atoms with Gasteiger partial charge in [-0.1, -0.05) is 6.92 Å². The highest BCUT2D eigenvalue weighted by Crippen LogP contribution is 2.31. The van der Waals surface area contributed by atoms with Crippen LogP contribution >= 0.6 is 0 Å². The predicted molar refractivity (Wildman–Crippen MR) is 67.8 cm³/mol. The van der Waals surface area contributed by atoms with E-state index in [4.69, 9.17) is 5.73 Å². The van der Waals surface area contributed by atoms with Crippen LogP contribution in [-0.4, -0.2) is 25.2 Å². The molecule has 3 nitrogen and oxygen atoms in total. The number of hydrogen-bond acceptors (Lipinski definition) is 3. The zero-order chi connectivity index (χ0) is 11.1. The number of aryl methyl sites for hydroxylation is 1. The third-order valence-corrected chi connectivity index (χ3v) is 3.90. The van der Waals surface area contributed by atoms with Gasteiger partial charge in [-0.15, -0.1) is 0 Å². The van der Waals surface area contributed by atoms with E-state index in [1.54, 1.807) is 0 Å². The van der Waals surface area contributed by atoms with Gasteiger partial charge in [0.25, 0.3) is 0 Å². The zero-order valence-electron chi connectivity index (χ0n) is 9.74. The van der Waals surface area contributed by atoms with Crippen LogP contribution in [0.15, 0.2) is 18.2 Å². The third kappa shape index (κ3) is 1.47. The molecule has 1 aromatic rings. The number of nitrogens with zero attached hydrogens (tertiary/aromatic N) is 1. The van der Waals surface area contributed by atoms with Gasteiger partial charge in [0.15, 0.2) is 0 Å². The fraction of sp³-hybridized carbons (Fsp3) is 0.538. The van der Waals surface area contributed by atoms with Gasteiger partial charge in [-0.2, -0.15) is 0 Å². The highest BCUT2D eigenvalue weighted by atomic mass is 15.3. The van der Waals surface area contributed by atoms with Crippen molar-refractivity contribution in [3.05, 3.63) is 23.8 Å². The first-order chi connectivity index (χ1) is 7.78. The van der Waals surface area contributed by atoms with Gasteiger partial charge in [0, 0.05) is 36.5 Å². The average molecular weight is 217 g/mol. The van der Waals surface area contributed by atoms with E-state index in [0.717, 1.165) is 25.2 Å². The second-order valence-corrected chi connectivity index (χ2v) is 4.88. The lowest BCUT2D eigenvalue weighted by Gasteiger charge is -2.30. The number of piperazine rings is 1. The first-order valence-electron chi connectivity index (χ1n) is 6.16. The summed E-state index contributed by atoms with van der Waals surface area (Å²) in [4.78, 5) is 2.53. The van der Waals surface area contributed by atoms with Crippen molar-refractivity contribution in [2.24, 2.45) is 0 Å². The van der Waals surface area contributed by atoms with E-state index in [-0.39, 0.29) is 0 Å². The van der Waals surface area contributed by atoms with Crippen molar-refractivity contribution >= 4 is 11.4 Å². The van der Waals surface area contributed by atoms with E-state index in [0.29, 0.717) is 12.1 Å².